The van der Waals surface area contributed by atoms with Gasteiger partial charge in [-0.1, -0.05) is 18.2 Å². The Hall–Kier alpha value is -1.91. The summed E-state index contributed by atoms with van der Waals surface area (Å²) in [6, 6.07) is 6.60. The third-order valence-corrected chi connectivity index (χ3v) is 3.80. The average molecular weight is 295 g/mol. The van der Waals surface area contributed by atoms with Gasteiger partial charge in [-0.3, -0.25) is 4.79 Å². The van der Waals surface area contributed by atoms with Crippen LogP contribution in [0.4, 0.5) is 8.78 Å². The number of likely N-dealkylation sites (N-methyl/N-ethyl adjacent to an activating group) is 1. The molecule has 0 N–H and O–H groups in total. The lowest BCUT2D eigenvalue weighted by Gasteiger charge is -2.23. The number of rotatable bonds is 6. The molecule has 1 aromatic carbocycles. The number of carbonyl (C=O) groups excluding carboxylic acids is 1. The number of nitrogens with zero attached hydrogens (tertiary/aromatic N) is 1. The summed E-state index contributed by atoms with van der Waals surface area (Å²) in [4.78, 5) is 13.8. The molecular formula is C16H19F2NO2. The Labute approximate surface area is 123 Å². The number of alkyl halides is 2. The normalized spacial score (nSPS) is 16.2. The zero-order valence-electron chi connectivity index (χ0n) is 12.1. The molecule has 21 heavy (non-hydrogen) atoms. The van der Waals surface area contributed by atoms with Crippen LogP contribution in [0.25, 0.3) is 6.08 Å². The maximum absolute atomic E-state index is 12.3. The van der Waals surface area contributed by atoms with Gasteiger partial charge in [-0.05, 0) is 37.8 Å². The first kappa shape index (κ1) is 15.5. The van der Waals surface area contributed by atoms with Crippen LogP contribution in [-0.4, -0.2) is 30.5 Å². The molecule has 3 nitrogen and oxygen atoms in total. The van der Waals surface area contributed by atoms with Gasteiger partial charge in [-0.25, -0.2) is 0 Å². The van der Waals surface area contributed by atoms with Crippen LogP contribution >= 0.6 is 0 Å². The summed E-state index contributed by atoms with van der Waals surface area (Å²) < 4.78 is 29.0. The number of para-hydroxylation sites is 1. The molecule has 2 rings (SSSR count). The first-order valence-corrected chi connectivity index (χ1v) is 6.97. The monoisotopic (exact) mass is 295 g/mol. The fourth-order valence-corrected chi connectivity index (χ4v) is 2.20. The van der Waals surface area contributed by atoms with Gasteiger partial charge in [-0.2, -0.15) is 8.78 Å². The minimum atomic E-state index is -2.88. The number of amides is 1. The summed E-state index contributed by atoms with van der Waals surface area (Å²) in [6.07, 6.45) is 5.23. The molecule has 0 aliphatic heterocycles. The molecule has 0 heterocycles. The van der Waals surface area contributed by atoms with Gasteiger partial charge in [0.05, 0.1) is 0 Å². The Bertz CT molecular complexity index is 527. The highest BCUT2D eigenvalue weighted by Crippen LogP contribution is 2.34. The minimum absolute atomic E-state index is 0.0643. The highest BCUT2D eigenvalue weighted by atomic mass is 19.3. The van der Waals surface area contributed by atoms with Crippen LogP contribution in [-0.2, 0) is 4.79 Å². The number of hydrogen-bond donors (Lipinski definition) is 0. The molecule has 0 saturated heterocycles. The molecule has 0 bridgehead atoms. The van der Waals surface area contributed by atoms with Crippen LogP contribution in [0.3, 0.4) is 0 Å². The van der Waals surface area contributed by atoms with Gasteiger partial charge in [-0.15, -0.1) is 0 Å². The number of benzene rings is 1. The van der Waals surface area contributed by atoms with E-state index in [1.54, 1.807) is 30.1 Å². The third kappa shape index (κ3) is 4.28. The summed E-state index contributed by atoms with van der Waals surface area (Å²) >= 11 is 0. The van der Waals surface area contributed by atoms with E-state index in [1.165, 1.54) is 18.2 Å². The van der Waals surface area contributed by atoms with E-state index in [1.807, 2.05) is 6.92 Å². The van der Waals surface area contributed by atoms with Crippen LogP contribution in [0.2, 0.25) is 0 Å². The first-order valence-electron chi connectivity index (χ1n) is 6.97. The largest absolute Gasteiger partial charge is 0.434 e. The summed E-state index contributed by atoms with van der Waals surface area (Å²) in [5.41, 5.74) is 0.457. The third-order valence-electron chi connectivity index (χ3n) is 3.80. The molecule has 114 valence electrons. The average Bonchev–Trinajstić information content (AvgIpc) is 3.28. The summed E-state index contributed by atoms with van der Waals surface area (Å²) in [5.74, 6) is 0.512. The molecule has 0 spiro atoms. The lowest BCUT2D eigenvalue weighted by molar-refractivity contribution is -0.126. The SMILES string of the molecule is CC(C1CC1)N(C)C(=O)/C=C/c1ccccc1OC(F)F. The first-order chi connectivity index (χ1) is 9.99. The van der Waals surface area contributed by atoms with Crippen molar-refractivity contribution < 1.29 is 18.3 Å². The van der Waals surface area contributed by atoms with E-state index in [2.05, 4.69) is 4.74 Å². The van der Waals surface area contributed by atoms with Gasteiger partial charge in [0, 0.05) is 24.7 Å². The number of hydrogen-bond acceptors (Lipinski definition) is 2. The Morgan fingerprint density at radius 1 is 1.38 bits per heavy atom. The van der Waals surface area contributed by atoms with Crippen LogP contribution in [0.1, 0.15) is 25.3 Å². The smallest absolute Gasteiger partial charge is 0.387 e. The van der Waals surface area contributed by atoms with E-state index in [0.717, 1.165) is 12.8 Å². The van der Waals surface area contributed by atoms with Crippen molar-refractivity contribution in [3.8, 4) is 5.75 Å². The predicted octanol–water partition coefficient (Wildman–Crippen LogP) is 3.56. The van der Waals surface area contributed by atoms with E-state index in [9.17, 15) is 13.6 Å². The number of halogens is 2. The molecule has 1 amide bonds. The lowest BCUT2D eigenvalue weighted by Crippen LogP contribution is -2.35. The number of carbonyl (C=O) groups is 1. The van der Waals surface area contributed by atoms with Crippen molar-refractivity contribution >= 4 is 12.0 Å². The standard InChI is InChI=1S/C16H19F2NO2/c1-11(12-7-8-12)19(2)15(20)10-9-13-5-3-4-6-14(13)21-16(17)18/h3-6,9-12,16H,7-8H2,1-2H3/b10-9+. The predicted molar refractivity (Wildman–Crippen MR) is 77.1 cm³/mol. The molecule has 1 saturated carbocycles. The fourth-order valence-electron chi connectivity index (χ4n) is 2.20. The molecular weight excluding hydrogens is 276 g/mol. The fraction of sp³-hybridized carbons (Fsp3) is 0.438. The molecule has 5 heteroatoms. The molecule has 1 fully saturated rings. The molecule has 1 unspecified atom stereocenters. The van der Waals surface area contributed by atoms with Crippen molar-refractivity contribution in [2.75, 3.05) is 7.05 Å². The van der Waals surface area contributed by atoms with Gasteiger partial charge in [0.15, 0.2) is 0 Å². The van der Waals surface area contributed by atoms with Crippen molar-refractivity contribution in [1.29, 1.82) is 0 Å². The van der Waals surface area contributed by atoms with Gasteiger partial charge in [0.1, 0.15) is 5.75 Å². The Kier molecular flexibility index (Phi) is 4.94. The second-order valence-electron chi connectivity index (χ2n) is 5.28. The van der Waals surface area contributed by atoms with E-state index >= 15 is 0 Å². The molecule has 0 aromatic heterocycles. The van der Waals surface area contributed by atoms with Crippen LogP contribution < -0.4 is 4.74 Å². The van der Waals surface area contributed by atoms with E-state index < -0.39 is 6.61 Å². The second-order valence-corrected chi connectivity index (χ2v) is 5.28. The quantitative estimate of drug-likeness (QED) is 0.751. The molecule has 1 aliphatic carbocycles. The van der Waals surface area contributed by atoms with Crippen LogP contribution in [0, 0.1) is 5.92 Å². The molecule has 1 aromatic rings. The lowest BCUT2D eigenvalue weighted by atomic mass is 10.1. The summed E-state index contributed by atoms with van der Waals surface area (Å²) in [5, 5.41) is 0. The maximum atomic E-state index is 12.3. The van der Waals surface area contributed by atoms with E-state index in [-0.39, 0.29) is 17.7 Å². The Balaban J connectivity index is 2.04. The van der Waals surface area contributed by atoms with Crippen molar-refractivity contribution in [3.63, 3.8) is 0 Å². The van der Waals surface area contributed by atoms with E-state index in [0.29, 0.717) is 11.5 Å². The highest BCUT2D eigenvalue weighted by Gasteiger charge is 2.31. The van der Waals surface area contributed by atoms with Crippen molar-refractivity contribution in [2.24, 2.45) is 5.92 Å². The van der Waals surface area contributed by atoms with Crippen molar-refractivity contribution in [3.05, 3.63) is 35.9 Å². The zero-order chi connectivity index (χ0) is 15.4. The van der Waals surface area contributed by atoms with Gasteiger partial charge >= 0.3 is 6.61 Å². The molecule has 1 atom stereocenters. The van der Waals surface area contributed by atoms with Gasteiger partial charge in [0.25, 0.3) is 0 Å². The second kappa shape index (κ2) is 6.70. The zero-order valence-corrected chi connectivity index (χ0v) is 12.1. The van der Waals surface area contributed by atoms with Crippen LogP contribution in [0.15, 0.2) is 30.3 Å². The highest BCUT2D eigenvalue weighted by molar-refractivity contribution is 5.92. The molecule has 0 radical (unpaired) electrons. The van der Waals surface area contributed by atoms with Crippen molar-refractivity contribution in [2.45, 2.75) is 32.4 Å². The van der Waals surface area contributed by atoms with Crippen molar-refractivity contribution in [1.82, 2.24) is 4.90 Å². The Morgan fingerprint density at radius 3 is 2.67 bits per heavy atom. The minimum Gasteiger partial charge on any atom is -0.434 e. The Morgan fingerprint density at radius 2 is 2.05 bits per heavy atom. The van der Waals surface area contributed by atoms with Gasteiger partial charge in [0.2, 0.25) is 5.91 Å². The summed E-state index contributed by atoms with van der Waals surface area (Å²) in [6.45, 7) is -0.857. The van der Waals surface area contributed by atoms with Crippen LogP contribution in [0.5, 0.6) is 5.75 Å². The summed E-state index contributed by atoms with van der Waals surface area (Å²) in [7, 11) is 1.76. The topological polar surface area (TPSA) is 29.5 Å². The van der Waals surface area contributed by atoms with Gasteiger partial charge < -0.3 is 9.64 Å². The molecule has 1 aliphatic rings. The van der Waals surface area contributed by atoms with E-state index in [4.69, 9.17) is 0 Å². The number of ether oxygens (including phenoxy) is 1. The maximum Gasteiger partial charge on any atom is 0.387 e.